The molecule has 1 fully saturated rings. The molecule has 1 aromatic heterocycles. The second-order valence-corrected chi connectivity index (χ2v) is 8.24. The Morgan fingerprint density at radius 3 is 2.61 bits per heavy atom. The fourth-order valence-electron chi connectivity index (χ4n) is 4.49. The number of nitrogens with zero attached hydrogens (tertiary/aromatic N) is 1. The molecule has 1 N–H and O–H groups in total. The molecule has 2 aromatic rings. The van der Waals surface area contributed by atoms with Gasteiger partial charge in [0, 0.05) is 18.0 Å². The molecule has 4 rings (SSSR count). The zero-order valence-electron chi connectivity index (χ0n) is 16.4. The van der Waals surface area contributed by atoms with Crippen LogP contribution >= 0.6 is 0 Å². The van der Waals surface area contributed by atoms with E-state index in [9.17, 15) is 9.59 Å². The van der Waals surface area contributed by atoms with Gasteiger partial charge in [-0.15, -0.1) is 0 Å². The molecular formula is C23H28N2O3. The van der Waals surface area contributed by atoms with Crippen LogP contribution in [0, 0.1) is 0 Å². The van der Waals surface area contributed by atoms with Gasteiger partial charge in [-0.05, 0) is 43.5 Å². The summed E-state index contributed by atoms with van der Waals surface area (Å²) in [5, 5.41) is 3.27. The molecule has 1 saturated carbocycles. The third kappa shape index (κ3) is 3.58. The van der Waals surface area contributed by atoms with E-state index in [1.807, 2.05) is 37.3 Å². The molecule has 2 heterocycles. The molecule has 0 spiro atoms. The lowest BCUT2D eigenvalue weighted by atomic mass is 9.82. The maximum absolute atomic E-state index is 13.5. The van der Waals surface area contributed by atoms with Crippen LogP contribution in [0.4, 0.5) is 0 Å². The predicted octanol–water partition coefficient (Wildman–Crippen LogP) is 4.08. The molecule has 5 nitrogen and oxygen atoms in total. The summed E-state index contributed by atoms with van der Waals surface area (Å²) in [6.07, 6.45) is 8.92. The molecule has 28 heavy (non-hydrogen) atoms. The number of furan rings is 1. The third-order valence-corrected chi connectivity index (χ3v) is 6.20. The van der Waals surface area contributed by atoms with Crippen molar-refractivity contribution in [3.8, 4) is 0 Å². The highest BCUT2D eigenvalue weighted by Crippen LogP contribution is 2.33. The van der Waals surface area contributed by atoms with Crippen molar-refractivity contribution in [1.29, 1.82) is 0 Å². The van der Waals surface area contributed by atoms with Gasteiger partial charge in [0.1, 0.15) is 11.3 Å². The van der Waals surface area contributed by atoms with Crippen LogP contribution in [0.5, 0.6) is 0 Å². The topological polar surface area (TPSA) is 62.6 Å². The largest absolute Gasteiger partial charge is 0.467 e. The Hall–Kier alpha value is -2.56. The van der Waals surface area contributed by atoms with Crippen LogP contribution in [-0.2, 0) is 17.8 Å². The molecule has 0 saturated heterocycles. The van der Waals surface area contributed by atoms with E-state index in [0.717, 1.165) is 31.2 Å². The number of amides is 2. The number of carbonyl (C=O) groups excluding carboxylic acids is 2. The number of rotatable bonds is 4. The highest BCUT2D eigenvalue weighted by molar-refractivity contribution is 6.02. The fourth-order valence-corrected chi connectivity index (χ4v) is 4.49. The second-order valence-electron chi connectivity index (χ2n) is 8.24. The number of hydrogen-bond donors (Lipinski definition) is 1. The summed E-state index contributed by atoms with van der Waals surface area (Å²) < 4.78 is 5.49. The summed E-state index contributed by atoms with van der Waals surface area (Å²) in [7, 11) is 0. The Kier molecular flexibility index (Phi) is 5.25. The Labute approximate surface area is 166 Å². The predicted molar refractivity (Wildman–Crippen MR) is 107 cm³/mol. The van der Waals surface area contributed by atoms with Crippen LogP contribution in [0.15, 0.2) is 47.1 Å². The van der Waals surface area contributed by atoms with E-state index in [0.29, 0.717) is 17.7 Å². The average molecular weight is 380 g/mol. The molecule has 2 aliphatic rings. The molecule has 0 bridgehead atoms. The van der Waals surface area contributed by atoms with Crippen molar-refractivity contribution in [2.45, 2.75) is 70.0 Å². The Morgan fingerprint density at radius 1 is 1.14 bits per heavy atom. The Balaban J connectivity index is 1.64. The van der Waals surface area contributed by atoms with E-state index in [1.54, 1.807) is 17.2 Å². The van der Waals surface area contributed by atoms with E-state index >= 15 is 0 Å². The van der Waals surface area contributed by atoms with Crippen LogP contribution in [-0.4, -0.2) is 28.3 Å². The van der Waals surface area contributed by atoms with Gasteiger partial charge in [0.2, 0.25) is 5.91 Å². The first-order valence-corrected chi connectivity index (χ1v) is 10.3. The number of hydrogen-bond acceptors (Lipinski definition) is 3. The molecular weight excluding hydrogens is 352 g/mol. The quantitative estimate of drug-likeness (QED) is 0.813. The lowest BCUT2D eigenvalue weighted by Crippen LogP contribution is -2.63. The van der Waals surface area contributed by atoms with Crippen LogP contribution in [0.25, 0.3) is 0 Å². The Bertz CT molecular complexity index is 837. The zero-order valence-corrected chi connectivity index (χ0v) is 16.4. The summed E-state index contributed by atoms with van der Waals surface area (Å²) in [6.45, 7) is 2.17. The first kappa shape index (κ1) is 18.8. The standard InChI is InChI=1S/C23H28N2O3/c1-23(22(27)24-18-10-4-2-3-5-11-18)15-17-9-6-7-13-20(17)21(26)25(23)16-19-12-8-14-28-19/h6-9,12-14,18H,2-5,10-11,15-16H2,1H3,(H,24,27)/t23-/m1/s1. The minimum absolute atomic E-state index is 0.0613. The summed E-state index contributed by atoms with van der Waals surface area (Å²) in [5.74, 6) is 0.506. The molecule has 148 valence electrons. The van der Waals surface area contributed by atoms with E-state index in [4.69, 9.17) is 4.42 Å². The molecule has 0 unspecified atom stereocenters. The summed E-state index contributed by atoms with van der Waals surface area (Å²) in [6, 6.07) is 11.4. The highest BCUT2D eigenvalue weighted by atomic mass is 16.3. The molecule has 2 amide bonds. The maximum atomic E-state index is 13.5. The van der Waals surface area contributed by atoms with Gasteiger partial charge in [-0.2, -0.15) is 0 Å². The monoisotopic (exact) mass is 380 g/mol. The van der Waals surface area contributed by atoms with Crippen LogP contribution in [0.1, 0.15) is 67.1 Å². The van der Waals surface area contributed by atoms with Crippen LogP contribution in [0.2, 0.25) is 0 Å². The number of benzene rings is 1. The van der Waals surface area contributed by atoms with E-state index in [1.165, 1.54) is 12.8 Å². The molecule has 1 aliphatic heterocycles. The lowest BCUT2D eigenvalue weighted by Gasteiger charge is -2.44. The SMILES string of the molecule is C[C@]1(C(=O)NC2CCCCCC2)Cc2ccccc2C(=O)N1Cc1ccco1. The van der Waals surface area contributed by atoms with Crippen molar-refractivity contribution >= 4 is 11.8 Å². The Morgan fingerprint density at radius 2 is 1.89 bits per heavy atom. The maximum Gasteiger partial charge on any atom is 0.255 e. The highest BCUT2D eigenvalue weighted by Gasteiger charge is 2.47. The minimum atomic E-state index is -0.940. The van der Waals surface area contributed by atoms with Crippen molar-refractivity contribution in [2.75, 3.05) is 0 Å². The van der Waals surface area contributed by atoms with Crippen LogP contribution < -0.4 is 5.32 Å². The normalized spacial score (nSPS) is 23.2. The van der Waals surface area contributed by atoms with Gasteiger partial charge in [-0.1, -0.05) is 43.9 Å². The van der Waals surface area contributed by atoms with Gasteiger partial charge in [-0.3, -0.25) is 9.59 Å². The fraction of sp³-hybridized carbons (Fsp3) is 0.478. The smallest absolute Gasteiger partial charge is 0.255 e. The summed E-state index contributed by atoms with van der Waals surface area (Å²) in [5.41, 5.74) is 0.667. The van der Waals surface area contributed by atoms with Gasteiger partial charge < -0.3 is 14.6 Å². The minimum Gasteiger partial charge on any atom is -0.467 e. The first-order valence-electron chi connectivity index (χ1n) is 10.3. The average Bonchev–Trinajstić information content (AvgIpc) is 3.08. The first-order chi connectivity index (χ1) is 13.6. The summed E-state index contributed by atoms with van der Waals surface area (Å²) >= 11 is 0. The number of carbonyl (C=O) groups is 2. The second kappa shape index (κ2) is 7.82. The molecule has 0 radical (unpaired) electrons. The van der Waals surface area contributed by atoms with Gasteiger partial charge >= 0.3 is 0 Å². The van der Waals surface area contributed by atoms with E-state index < -0.39 is 5.54 Å². The van der Waals surface area contributed by atoms with Gasteiger partial charge in [0.15, 0.2) is 0 Å². The third-order valence-electron chi connectivity index (χ3n) is 6.20. The molecule has 1 atom stereocenters. The van der Waals surface area contributed by atoms with Crippen molar-refractivity contribution < 1.29 is 14.0 Å². The molecule has 5 heteroatoms. The number of nitrogens with one attached hydrogen (secondary N) is 1. The summed E-state index contributed by atoms with van der Waals surface area (Å²) in [4.78, 5) is 28.5. The van der Waals surface area contributed by atoms with Crippen molar-refractivity contribution in [3.05, 3.63) is 59.5 Å². The van der Waals surface area contributed by atoms with Crippen molar-refractivity contribution in [3.63, 3.8) is 0 Å². The zero-order chi connectivity index (χ0) is 19.6. The van der Waals surface area contributed by atoms with E-state index in [2.05, 4.69) is 5.32 Å². The van der Waals surface area contributed by atoms with Crippen molar-refractivity contribution in [2.24, 2.45) is 0 Å². The molecule has 1 aliphatic carbocycles. The number of fused-ring (bicyclic) bond motifs is 1. The van der Waals surface area contributed by atoms with Gasteiger partial charge in [0.25, 0.3) is 5.91 Å². The van der Waals surface area contributed by atoms with Gasteiger partial charge in [-0.25, -0.2) is 0 Å². The lowest BCUT2D eigenvalue weighted by molar-refractivity contribution is -0.133. The van der Waals surface area contributed by atoms with E-state index in [-0.39, 0.29) is 24.4 Å². The van der Waals surface area contributed by atoms with Gasteiger partial charge in [0.05, 0.1) is 12.8 Å². The van der Waals surface area contributed by atoms with Crippen molar-refractivity contribution in [1.82, 2.24) is 10.2 Å². The molecule has 1 aromatic carbocycles. The van der Waals surface area contributed by atoms with Crippen LogP contribution in [0.3, 0.4) is 0 Å².